The van der Waals surface area contributed by atoms with Gasteiger partial charge in [-0.1, -0.05) is 54.1 Å². The minimum Gasteiger partial charge on any atom is -0.199 e. The average molecular weight is 365 g/mol. The van der Waals surface area contributed by atoms with E-state index in [1.54, 1.807) is 35.6 Å². The van der Waals surface area contributed by atoms with Crippen molar-refractivity contribution in [2.45, 2.75) is 11.8 Å². The zero-order valence-electron chi connectivity index (χ0n) is 13.5. The van der Waals surface area contributed by atoms with Crippen LogP contribution in [0.2, 0.25) is 0 Å². The van der Waals surface area contributed by atoms with Gasteiger partial charge in [-0.3, -0.25) is 0 Å². The van der Waals surface area contributed by atoms with Gasteiger partial charge in [0, 0.05) is 20.2 Å². The first-order chi connectivity index (χ1) is 12.0. The highest BCUT2D eigenvalue weighted by Crippen LogP contribution is 2.25. The number of sulfonamides is 1. The van der Waals surface area contributed by atoms with Gasteiger partial charge in [0.2, 0.25) is 0 Å². The fraction of sp³-hybridized carbons (Fsp3) is 0.0500. The second-order valence-electron chi connectivity index (χ2n) is 5.82. The molecule has 0 bridgehead atoms. The van der Waals surface area contributed by atoms with Crippen molar-refractivity contribution < 1.29 is 8.42 Å². The number of hydrogen-bond donors (Lipinski definition) is 0. The fourth-order valence-corrected chi connectivity index (χ4v) is 4.85. The maximum absolute atomic E-state index is 12.8. The summed E-state index contributed by atoms with van der Waals surface area (Å²) in [4.78, 5) is 0.207. The third-order valence-electron chi connectivity index (χ3n) is 4.03. The third-order valence-corrected chi connectivity index (χ3v) is 6.48. The van der Waals surface area contributed by atoms with Crippen LogP contribution in [-0.2, 0) is 10.0 Å². The van der Waals surface area contributed by atoms with Crippen LogP contribution in [0.1, 0.15) is 5.56 Å². The molecule has 1 heterocycles. The lowest BCUT2D eigenvalue weighted by atomic mass is 10.2. The SMILES string of the molecule is Cc1ccc(S(=O)(=O)N=c2c3ccccc3sc3ccccc23)cc1. The van der Waals surface area contributed by atoms with Gasteiger partial charge in [0.1, 0.15) is 0 Å². The van der Waals surface area contributed by atoms with Crippen LogP contribution in [0, 0.1) is 6.92 Å². The Kier molecular flexibility index (Phi) is 3.90. The highest BCUT2D eigenvalue weighted by atomic mass is 32.2. The van der Waals surface area contributed by atoms with Crippen LogP contribution in [-0.4, -0.2) is 8.42 Å². The topological polar surface area (TPSA) is 46.5 Å². The molecule has 0 aliphatic carbocycles. The molecule has 0 aliphatic heterocycles. The van der Waals surface area contributed by atoms with E-state index >= 15 is 0 Å². The van der Waals surface area contributed by atoms with Gasteiger partial charge < -0.3 is 0 Å². The lowest BCUT2D eigenvalue weighted by molar-refractivity contribution is 0.597. The fourth-order valence-electron chi connectivity index (χ4n) is 2.75. The number of rotatable bonds is 2. The van der Waals surface area contributed by atoms with Crippen molar-refractivity contribution in [1.82, 2.24) is 0 Å². The van der Waals surface area contributed by atoms with Crippen molar-refractivity contribution >= 4 is 41.5 Å². The van der Waals surface area contributed by atoms with Gasteiger partial charge in [-0.2, -0.15) is 12.8 Å². The molecule has 5 heteroatoms. The van der Waals surface area contributed by atoms with E-state index in [0.717, 1.165) is 25.7 Å². The highest BCUT2D eigenvalue weighted by molar-refractivity contribution is 7.90. The minimum atomic E-state index is -3.78. The predicted octanol–water partition coefficient (Wildman–Crippen LogP) is 4.65. The normalized spacial score (nSPS) is 11.7. The zero-order chi connectivity index (χ0) is 17.4. The van der Waals surface area contributed by atoms with Gasteiger partial charge >= 0.3 is 0 Å². The van der Waals surface area contributed by atoms with Crippen molar-refractivity contribution in [3.05, 3.63) is 83.7 Å². The van der Waals surface area contributed by atoms with Crippen LogP contribution >= 0.6 is 11.3 Å². The Hall–Kier alpha value is -2.50. The van der Waals surface area contributed by atoms with Gasteiger partial charge in [0.05, 0.1) is 10.3 Å². The van der Waals surface area contributed by atoms with E-state index in [2.05, 4.69) is 4.40 Å². The molecular formula is C20H15NO2S2. The van der Waals surface area contributed by atoms with Crippen LogP contribution < -0.4 is 5.36 Å². The second-order valence-corrected chi connectivity index (χ2v) is 8.51. The van der Waals surface area contributed by atoms with Gasteiger partial charge in [-0.25, -0.2) is 0 Å². The summed E-state index contributed by atoms with van der Waals surface area (Å²) in [6.45, 7) is 1.92. The molecule has 25 heavy (non-hydrogen) atoms. The Bertz CT molecular complexity index is 1200. The molecule has 4 aromatic rings. The second kappa shape index (κ2) is 6.10. The number of nitrogens with zero attached hydrogens (tertiary/aromatic N) is 1. The van der Waals surface area contributed by atoms with Crippen LogP contribution in [0.15, 0.2) is 82.1 Å². The summed E-state index contributed by atoms with van der Waals surface area (Å²) >= 11 is 1.63. The van der Waals surface area contributed by atoms with Gasteiger partial charge in [0.15, 0.2) is 0 Å². The van der Waals surface area contributed by atoms with E-state index in [9.17, 15) is 8.42 Å². The van der Waals surface area contributed by atoms with Crippen molar-refractivity contribution in [2.75, 3.05) is 0 Å². The van der Waals surface area contributed by atoms with Crippen molar-refractivity contribution in [3.8, 4) is 0 Å². The smallest absolute Gasteiger partial charge is 0.199 e. The van der Waals surface area contributed by atoms with E-state index in [1.807, 2.05) is 55.5 Å². The standard InChI is InChI=1S/C20H15NO2S2/c1-14-10-12-15(13-11-14)25(22,23)21-20-16-6-2-4-8-18(16)24-19-9-5-3-7-17(19)20/h2-13H,1H3. The Labute approximate surface area is 150 Å². The van der Waals surface area contributed by atoms with Crippen molar-refractivity contribution in [3.63, 3.8) is 0 Å². The van der Waals surface area contributed by atoms with Crippen LogP contribution in [0.3, 0.4) is 0 Å². The summed E-state index contributed by atoms with van der Waals surface area (Å²) in [6.07, 6.45) is 0. The molecule has 0 N–H and O–H groups in total. The number of aryl methyl sites for hydroxylation is 1. The highest BCUT2D eigenvalue weighted by Gasteiger charge is 2.13. The summed E-state index contributed by atoms with van der Waals surface area (Å²) in [5, 5.41) is 2.20. The van der Waals surface area contributed by atoms with E-state index < -0.39 is 10.0 Å². The first-order valence-electron chi connectivity index (χ1n) is 7.83. The van der Waals surface area contributed by atoms with Gasteiger partial charge in [-0.05, 0) is 31.2 Å². The maximum atomic E-state index is 12.8. The van der Waals surface area contributed by atoms with Gasteiger partial charge in [-0.15, -0.1) is 11.3 Å². The molecule has 0 amide bonds. The molecule has 0 unspecified atom stereocenters. The molecule has 3 aromatic carbocycles. The Balaban J connectivity index is 2.10. The third kappa shape index (κ3) is 2.97. The predicted molar refractivity (Wildman–Crippen MR) is 103 cm³/mol. The molecule has 124 valence electrons. The molecule has 0 spiro atoms. The Morgan fingerprint density at radius 1 is 0.760 bits per heavy atom. The maximum Gasteiger partial charge on any atom is 0.282 e. The first-order valence-corrected chi connectivity index (χ1v) is 10.1. The summed E-state index contributed by atoms with van der Waals surface area (Å²) in [5.41, 5.74) is 1.01. The number of hydrogen-bond acceptors (Lipinski definition) is 3. The van der Waals surface area contributed by atoms with E-state index in [4.69, 9.17) is 0 Å². The lowest BCUT2D eigenvalue weighted by Gasteiger charge is -2.04. The summed E-state index contributed by atoms with van der Waals surface area (Å²) in [7, 11) is -3.78. The molecule has 0 aliphatic rings. The average Bonchev–Trinajstić information content (AvgIpc) is 2.62. The molecule has 0 atom stereocenters. The quantitative estimate of drug-likeness (QED) is 0.485. The number of benzene rings is 3. The van der Waals surface area contributed by atoms with Crippen LogP contribution in [0.25, 0.3) is 20.2 Å². The zero-order valence-corrected chi connectivity index (χ0v) is 15.1. The van der Waals surface area contributed by atoms with Crippen molar-refractivity contribution in [2.24, 2.45) is 4.40 Å². The van der Waals surface area contributed by atoms with E-state index in [-0.39, 0.29) is 4.90 Å². The lowest BCUT2D eigenvalue weighted by Crippen LogP contribution is -2.09. The monoisotopic (exact) mass is 365 g/mol. The molecular weight excluding hydrogens is 350 g/mol. The minimum absolute atomic E-state index is 0.207. The summed E-state index contributed by atoms with van der Waals surface area (Å²) < 4.78 is 31.9. The van der Waals surface area contributed by atoms with E-state index in [1.165, 1.54) is 0 Å². The van der Waals surface area contributed by atoms with E-state index in [0.29, 0.717) is 5.36 Å². The molecule has 3 nitrogen and oxygen atoms in total. The largest absolute Gasteiger partial charge is 0.282 e. The van der Waals surface area contributed by atoms with Gasteiger partial charge in [0.25, 0.3) is 10.0 Å². The summed E-state index contributed by atoms with van der Waals surface area (Å²) in [6, 6.07) is 22.3. The molecule has 0 fully saturated rings. The number of fused-ring (bicyclic) bond motifs is 2. The Morgan fingerprint density at radius 2 is 1.28 bits per heavy atom. The molecule has 4 rings (SSSR count). The van der Waals surface area contributed by atoms with Crippen LogP contribution in [0.5, 0.6) is 0 Å². The van der Waals surface area contributed by atoms with Crippen molar-refractivity contribution in [1.29, 1.82) is 0 Å². The van der Waals surface area contributed by atoms with Crippen LogP contribution in [0.4, 0.5) is 0 Å². The molecule has 0 saturated heterocycles. The molecule has 0 saturated carbocycles. The molecule has 0 radical (unpaired) electrons. The first kappa shape index (κ1) is 16.0. The summed E-state index contributed by atoms with van der Waals surface area (Å²) in [5.74, 6) is 0. The Morgan fingerprint density at radius 3 is 1.84 bits per heavy atom. The molecule has 1 aromatic heterocycles.